The Kier molecular flexibility index (Phi) is 6.85. The van der Waals surface area contributed by atoms with Gasteiger partial charge < -0.3 is 19.0 Å². The molecule has 1 atom stereocenters. The second-order valence-electron chi connectivity index (χ2n) is 7.47. The van der Waals surface area contributed by atoms with E-state index in [1.54, 1.807) is 24.3 Å². The molecule has 1 saturated heterocycles. The zero-order chi connectivity index (χ0) is 21.0. The van der Waals surface area contributed by atoms with Crippen LogP contribution in [0, 0.1) is 0 Å². The molecule has 1 fully saturated rings. The van der Waals surface area contributed by atoms with Gasteiger partial charge in [0.15, 0.2) is 9.84 Å². The number of likely N-dealkylation sites (N-methyl/N-ethyl adjacent to an activating group) is 1. The zero-order valence-electron chi connectivity index (χ0n) is 17.4. The van der Waals surface area contributed by atoms with Crippen molar-refractivity contribution in [2.24, 2.45) is 0 Å². The summed E-state index contributed by atoms with van der Waals surface area (Å²) in [4.78, 5) is 17.2. The average Bonchev–Trinajstić information content (AvgIpc) is 3.27. The molecule has 1 aromatic heterocycles. The van der Waals surface area contributed by atoms with E-state index >= 15 is 0 Å². The lowest BCUT2D eigenvalue weighted by Crippen LogP contribution is -2.46. The van der Waals surface area contributed by atoms with Crippen LogP contribution in [-0.4, -0.2) is 75.0 Å². The van der Waals surface area contributed by atoms with Gasteiger partial charge in [0.2, 0.25) is 5.91 Å². The number of furan rings is 1. The average molecular weight is 423 g/mol. The number of carbonyl (C=O) groups is 1. The molecule has 29 heavy (non-hydrogen) atoms. The Balaban J connectivity index is 1.78. The number of hydrogen-bond donors (Lipinski definition) is 0. The fraction of sp³-hybridized carbons (Fsp3) is 0.571. The van der Waals surface area contributed by atoms with Crippen LogP contribution in [0.4, 0.5) is 0 Å². The van der Waals surface area contributed by atoms with Gasteiger partial charge >= 0.3 is 0 Å². The number of benzene rings is 1. The van der Waals surface area contributed by atoms with E-state index in [2.05, 4.69) is 18.7 Å². The largest absolute Gasteiger partial charge is 0.497 e. The van der Waals surface area contributed by atoms with Crippen molar-refractivity contribution >= 4 is 26.7 Å². The van der Waals surface area contributed by atoms with Crippen molar-refractivity contribution in [2.75, 3.05) is 44.8 Å². The Labute approximate surface area is 172 Å². The highest BCUT2D eigenvalue weighted by atomic mass is 32.2. The number of carbonyl (C=O) groups excluding carboxylic acids is 1. The summed E-state index contributed by atoms with van der Waals surface area (Å²) in [6, 6.07) is 5.28. The minimum Gasteiger partial charge on any atom is -0.497 e. The Morgan fingerprint density at radius 2 is 2.00 bits per heavy atom. The molecule has 0 radical (unpaired) electrons. The smallest absolute Gasteiger partial charge is 0.227 e. The highest BCUT2D eigenvalue weighted by Crippen LogP contribution is 2.27. The quantitative estimate of drug-likeness (QED) is 0.617. The van der Waals surface area contributed by atoms with Crippen LogP contribution in [0.1, 0.15) is 25.8 Å². The second kappa shape index (κ2) is 9.17. The number of sulfone groups is 1. The van der Waals surface area contributed by atoms with E-state index in [0.717, 1.165) is 30.6 Å². The van der Waals surface area contributed by atoms with Crippen LogP contribution in [0.5, 0.6) is 5.75 Å². The molecule has 3 rings (SSSR count). The van der Waals surface area contributed by atoms with Crippen molar-refractivity contribution in [3.63, 3.8) is 0 Å². The molecule has 0 saturated carbocycles. The third-order valence-corrected chi connectivity index (χ3v) is 7.48. The maximum absolute atomic E-state index is 13.2. The number of hydrogen-bond acceptors (Lipinski definition) is 6. The van der Waals surface area contributed by atoms with Crippen LogP contribution >= 0.6 is 0 Å². The molecule has 0 N–H and O–H groups in total. The van der Waals surface area contributed by atoms with Crippen molar-refractivity contribution in [3.8, 4) is 5.75 Å². The minimum atomic E-state index is -3.07. The molecule has 8 heteroatoms. The van der Waals surface area contributed by atoms with Gasteiger partial charge in [-0.15, -0.1) is 0 Å². The molecule has 0 aliphatic carbocycles. The number of nitrogens with zero attached hydrogens (tertiary/aromatic N) is 2. The Morgan fingerprint density at radius 3 is 2.62 bits per heavy atom. The van der Waals surface area contributed by atoms with Crippen molar-refractivity contribution in [2.45, 2.75) is 32.7 Å². The van der Waals surface area contributed by atoms with Crippen LogP contribution < -0.4 is 4.74 Å². The fourth-order valence-electron chi connectivity index (χ4n) is 3.91. The predicted octanol–water partition coefficient (Wildman–Crippen LogP) is 2.34. The van der Waals surface area contributed by atoms with Gasteiger partial charge in [0, 0.05) is 36.1 Å². The molecule has 2 aromatic rings. The molecule has 1 aliphatic rings. The van der Waals surface area contributed by atoms with Crippen molar-refractivity contribution in [1.29, 1.82) is 0 Å². The first-order chi connectivity index (χ1) is 13.9. The van der Waals surface area contributed by atoms with Crippen molar-refractivity contribution in [3.05, 3.63) is 30.0 Å². The van der Waals surface area contributed by atoms with Gasteiger partial charge in [-0.2, -0.15) is 0 Å². The van der Waals surface area contributed by atoms with Crippen molar-refractivity contribution < 1.29 is 22.4 Å². The van der Waals surface area contributed by atoms with Crippen LogP contribution in [-0.2, 0) is 21.1 Å². The van der Waals surface area contributed by atoms with E-state index in [9.17, 15) is 13.2 Å². The summed E-state index contributed by atoms with van der Waals surface area (Å²) < 4.78 is 34.8. The topological polar surface area (TPSA) is 80.1 Å². The monoisotopic (exact) mass is 422 g/mol. The molecule has 160 valence electrons. The summed E-state index contributed by atoms with van der Waals surface area (Å²) in [7, 11) is -1.47. The molecule has 1 amide bonds. The standard InChI is InChI=1S/C21H30N2O5S/c1-4-22(5-2)9-10-23(17-8-11-29(25,26)15-17)21(24)12-16-14-28-20-13-18(27-3)6-7-19(16)20/h6-7,13-14,17H,4-5,8-12,15H2,1-3H3. The summed E-state index contributed by atoms with van der Waals surface area (Å²) in [5.41, 5.74) is 1.48. The fourth-order valence-corrected chi connectivity index (χ4v) is 5.64. The molecule has 0 bridgehead atoms. The number of fused-ring (bicyclic) bond motifs is 1. The van der Waals surface area contributed by atoms with Gasteiger partial charge in [-0.05, 0) is 31.6 Å². The highest BCUT2D eigenvalue weighted by molar-refractivity contribution is 7.91. The van der Waals surface area contributed by atoms with Gasteiger partial charge in [-0.25, -0.2) is 8.42 Å². The second-order valence-corrected chi connectivity index (χ2v) is 9.70. The normalized spacial score (nSPS) is 18.4. The van der Waals surface area contributed by atoms with Gasteiger partial charge in [0.05, 0.1) is 31.3 Å². The van der Waals surface area contributed by atoms with E-state index in [1.807, 2.05) is 12.1 Å². The van der Waals surface area contributed by atoms with E-state index < -0.39 is 9.84 Å². The molecule has 1 aromatic carbocycles. The maximum atomic E-state index is 13.2. The first kappa shape index (κ1) is 21.6. The lowest BCUT2D eigenvalue weighted by molar-refractivity contribution is -0.132. The van der Waals surface area contributed by atoms with Crippen LogP contribution in [0.25, 0.3) is 11.0 Å². The predicted molar refractivity (Wildman–Crippen MR) is 113 cm³/mol. The number of amides is 1. The molecular formula is C21H30N2O5S. The summed E-state index contributed by atoms with van der Waals surface area (Å²) >= 11 is 0. The molecular weight excluding hydrogens is 392 g/mol. The number of methoxy groups -OCH3 is 1. The van der Waals surface area contributed by atoms with Gasteiger partial charge in [-0.1, -0.05) is 13.8 Å². The maximum Gasteiger partial charge on any atom is 0.227 e. The van der Waals surface area contributed by atoms with Crippen molar-refractivity contribution in [1.82, 2.24) is 9.80 Å². The summed E-state index contributed by atoms with van der Waals surface area (Å²) in [5.74, 6) is 0.848. The molecule has 1 aliphatic heterocycles. The Bertz CT molecular complexity index is 949. The molecule has 1 unspecified atom stereocenters. The number of rotatable bonds is 9. The first-order valence-corrected chi connectivity index (χ1v) is 11.9. The number of ether oxygens (including phenoxy) is 1. The molecule has 0 spiro atoms. The van der Waals surface area contributed by atoms with Gasteiger partial charge in [-0.3, -0.25) is 4.79 Å². The van der Waals surface area contributed by atoms with Gasteiger partial charge in [0.25, 0.3) is 0 Å². The summed E-state index contributed by atoms with van der Waals surface area (Å²) in [6.07, 6.45) is 2.31. The van der Waals surface area contributed by atoms with Crippen LogP contribution in [0.3, 0.4) is 0 Å². The third-order valence-electron chi connectivity index (χ3n) is 5.73. The summed E-state index contributed by atoms with van der Waals surface area (Å²) in [6.45, 7) is 7.23. The van der Waals surface area contributed by atoms with E-state index in [4.69, 9.17) is 9.15 Å². The van der Waals surface area contributed by atoms with Crippen LogP contribution in [0.15, 0.2) is 28.9 Å². The molecule has 2 heterocycles. The lowest BCUT2D eigenvalue weighted by Gasteiger charge is -2.31. The van der Waals surface area contributed by atoms with Crippen LogP contribution in [0.2, 0.25) is 0 Å². The van der Waals surface area contributed by atoms with E-state index in [1.165, 1.54) is 0 Å². The Morgan fingerprint density at radius 1 is 1.24 bits per heavy atom. The lowest BCUT2D eigenvalue weighted by atomic mass is 10.1. The first-order valence-electron chi connectivity index (χ1n) is 10.1. The Hall–Kier alpha value is -2.06. The highest BCUT2D eigenvalue weighted by Gasteiger charge is 2.34. The molecule has 7 nitrogen and oxygen atoms in total. The minimum absolute atomic E-state index is 0.0559. The van der Waals surface area contributed by atoms with E-state index in [0.29, 0.717) is 24.3 Å². The third kappa shape index (κ3) is 5.11. The zero-order valence-corrected chi connectivity index (χ0v) is 18.2. The summed E-state index contributed by atoms with van der Waals surface area (Å²) in [5, 5.41) is 0.877. The van der Waals surface area contributed by atoms with E-state index in [-0.39, 0.29) is 29.9 Å². The van der Waals surface area contributed by atoms with Gasteiger partial charge in [0.1, 0.15) is 11.3 Å². The SMILES string of the molecule is CCN(CC)CCN(C(=O)Cc1coc2cc(OC)ccc12)C1CCS(=O)(=O)C1.